The number of carbonyl (C=O) groups is 1. The first kappa shape index (κ1) is 22.8. The second kappa shape index (κ2) is 9.22. The molecule has 3 aromatic carbocycles. The highest BCUT2D eigenvalue weighted by Gasteiger charge is 2.22. The fraction of sp³-hybridized carbons (Fsp3) is 0.130. The highest BCUT2D eigenvalue weighted by atomic mass is 35.5. The van der Waals surface area contributed by atoms with Crippen molar-refractivity contribution in [2.75, 3.05) is 12.4 Å². The number of oxazole rings is 1. The minimum Gasteiger partial charge on any atom is -0.495 e. The van der Waals surface area contributed by atoms with Crippen LogP contribution in [0.3, 0.4) is 0 Å². The molecular weight excluding hydrogens is 466 g/mol. The van der Waals surface area contributed by atoms with E-state index in [2.05, 4.69) is 15.0 Å². The molecule has 0 aliphatic carbocycles. The first-order chi connectivity index (χ1) is 15.7. The van der Waals surface area contributed by atoms with Crippen LogP contribution in [0.2, 0.25) is 5.02 Å². The average Bonchev–Trinajstić information content (AvgIpc) is 3.17. The molecule has 33 heavy (non-hydrogen) atoms. The Balaban J connectivity index is 1.56. The van der Waals surface area contributed by atoms with Gasteiger partial charge in [0.15, 0.2) is 11.5 Å². The number of fused-ring (bicyclic) bond motifs is 1. The molecule has 0 radical (unpaired) electrons. The van der Waals surface area contributed by atoms with Crippen molar-refractivity contribution in [3.05, 3.63) is 82.7 Å². The zero-order chi connectivity index (χ0) is 23.6. The molecule has 1 aromatic heterocycles. The van der Waals surface area contributed by atoms with E-state index in [1.807, 2.05) is 0 Å². The van der Waals surface area contributed by atoms with Gasteiger partial charge in [0.05, 0.1) is 7.11 Å². The number of carbonyl (C=O) groups excluding carboxylic acids is 1. The van der Waals surface area contributed by atoms with E-state index in [1.54, 1.807) is 49.4 Å². The number of hydrogen-bond donors (Lipinski definition) is 2. The van der Waals surface area contributed by atoms with E-state index in [9.17, 15) is 13.2 Å². The van der Waals surface area contributed by atoms with E-state index in [0.717, 1.165) is 5.56 Å². The number of hydrogen-bond acceptors (Lipinski definition) is 6. The van der Waals surface area contributed by atoms with Crippen molar-refractivity contribution < 1.29 is 22.4 Å². The fourth-order valence-electron chi connectivity index (χ4n) is 3.21. The molecule has 0 fully saturated rings. The number of halogens is 1. The van der Waals surface area contributed by atoms with Crippen LogP contribution < -0.4 is 14.8 Å². The third-order valence-electron chi connectivity index (χ3n) is 4.85. The lowest BCUT2D eigenvalue weighted by Crippen LogP contribution is -2.24. The van der Waals surface area contributed by atoms with E-state index in [1.165, 1.54) is 25.3 Å². The van der Waals surface area contributed by atoms with Crippen molar-refractivity contribution in [2.45, 2.75) is 18.4 Å². The van der Waals surface area contributed by atoms with Gasteiger partial charge in [-0.05, 0) is 54.1 Å². The van der Waals surface area contributed by atoms with E-state index in [4.69, 9.17) is 20.8 Å². The monoisotopic (exact) mass is 485 g/mol. The van der Waals surface area contributed by atoms with Gasteiger partial charge >= 0.3 is 0 Å². The smallest absolute Gasteiger partial charge is 0.255 e. The highest BCUT2D eigenvalue weighted by molar-refractivity contribution is 7.89. The van der Waals surface area contributed by atoms with Crippen LogP contribution >= 0.6 is 11.6 Å². The lowest BCUT2D eigenvalue weighted by atomic mass is 10.2. The molecule has 0 unspecified atom stereocenters. The minimum atomic E-state index is -3.98. The Morgan fingerprint density at radius 1 is 1.09 bits per heavy atom. The topological polar surface area (TPSA) is 111 Å². The summed E-state index contributed by atoms with van der Waals surface area (Å²) in [5, 5.41) is 3.31. The van der Waals surface area contributed by atoms with Crippen molar-refractivity contribution >= 4 is 44.3 Å². The Bertz CT molecular complexity index is 1430. The number of methoxy groups -OCH3 is 1. The van der Waals surface area contributed by atoms with Gasteiger partial charge in [0.25, 0.3) is 5.91 Å². The Kier molecular flexibility index (Phi) is 6.37. The van der Waals surface area contributed by atoms with Gasteiger partial charge in [-0.3, -0.25) is 4.79 Å². The van der Waals surface area contributed by atoms with Crippen molar-refractivity contribution in [3.8, 4) is 5.75 Å². The van der Waals surface area contributed by atoms with Gasteiger partial charge in [0.2, 0.25) is 10.0 Å². The molecule has 1 heterocycles. The summed E-state index contributed by atoms with van der Waals surface area (Å²) in [6.45, 7) is 1.79. The number of aromatic nitrogens is 1. The first-order valence-corrected chi connectivity index (χ1v) is 11.7. The van der Waals surface area contributed by atoms with Crippen molar-refractivity contribution in [3.63, 3.8) is 0 Å². The summed E-state index contributed by atoms with van der Waals surface area (Å²) < 4.78 is 39.1. The lowest BCUT2D eigenvalue weighted by Gasteiger charge is -2.13. The maximum Gasteiger partial charge on any atom is 0.255 e. The van der Waals surface area contributed by atoms with Gasteiger partial charge in [0.1, 0.15) is 16.2 Å². The summed E-state index contributed by atoms with van der Waals surface area (Å²) in [5.74, 6) is 0.158. The predicted octanol–water partition coefficient (Wildman–Crippen LogP) is 4.53. The molecule has 0 spiro atoms. The van der Waals surface area contributed by atoms with Gasteiger partial charge in [-0.1, -0.05) is 23.7 Å². The van der Waals surface area contributed by atoms with Gasteiger partial charge < -0.3 is 14.5 Å². The number of benzene rings is 3. The van der Waals surface area contributed by atoms with Gasteiger partial charge in [-0.15, -0.1) is 0 Å². The summed E-state index contributed by atoms with van der Waals surface area (Å²) in [6, 6.07) is 16.1. The summed E-state index contributed by atoms with van der Waals surface area (Å²) in [6.07, 6.45) is 0. The van der Waals surface area contributed by atoms with Crippen LogP contribution in [0.4, 0.5) is 5.69 Å². The molecule has 0 aliphatic rings. The number of amides is 1. The standard InChI is InChI=1S/C23H20ClN3O5S/c1-14-26-19-12-18(8-10-20(19)32-14)27-23(28)16-5-9-21(31-2)22(11-16)33(29,30)25-13-15-3-6-17(24)7-4-15/h3-12,25H,13H2,1-2H3,(H,27,28). The van der Waals surface area contributed by atoms with Gasteiger partial charge in [-0.25, -0.2) is 18.1 Å². The molecule has 0 saturated carbocycles. The van der Waals surface area contributed by atoms with Crippen LogP contribution in [0.15, 0.2) is 70.0 Å². The van der Waals surface area contributed by atoms with Gasteiger partial charge in [0, 0.05) is 29.7 Å². The van der Waals surface area contributed by atoms with E-state index >= 15 is 0 Å². The van der Waals surface area contributed by atoms with Crippen LogP contribution in [0, 0.1) is 6.92 Å². The maximum atomic E-state index is 13.0. The van der Waals surface area contributed by atoms with Crippen molar-refractivity contribution in [1.82, 2.24) is 9.71 Å². The summed E-state index contributed by atoms with van der Waals surface area (Å²) in [7, 11) is -2.61. The zero-order valence-corrected chi connectivity index (χ0v) is 19.3. The molecule has 0 atom stereocenters. The Hall–Kier alpha value is -3.40. The zero-order valence-electron chi connectivity index (χ0n) is 17.8. The molecule has 0 saturated heterocycles. The Labute approximate surface area is 195 Å². The second-order valence-corrected chi connectivity index (χ2v) is 9.36. The largest absolute Gasteiger partial charge is 0.495 e. The van der Waals surface area contributed by atoms with Crippen LogP contribution in [-0.2, 0) is 16.6 Å². The summed E-state index contributed by atoms with van der Waals surface area (Å²) in [4.78, 5) is 16.9. The predicted molar refractivity (Wildman–Crippen MR) is 125 cm³/mol. The number of anilines is 1. The molecule has 0 bridgehead atoms. The van der Waals surface area contributed by atoms with E-state index in [0.29, 0.717) is 27.7 Å². The van der Waals surface area contributed by atoms with Crippen LogP contribution in [0.5, 0.6) is 5.75 Å². The van der Waals surface area contributed by atoms with Crippen molar-refractivity contribution in [2.24, 2.45) is 0 Å². The summed E-state index contributed by atoms with van der Waals surface area (Å²) in [5.41, 5.74) is 2.60. The fourth-order valence-corrected chi connectivity index (χ4v) is 4.55. The highest BCUT2D eigenvalue weighted by Crippen LogP contribution is 2.26. The number of ether oxygens (including phenoxy) is 1. The molecule has 1 amide bonds. The molecule has 10 heteroatoms. The maximum absolute atomic E-state index is 13.0. The molecule has 170 valence electrons. The number of nitrogens with zero attached hydrogens (tertiary/aromatic N) is 1. The third-order valence-corrected chi connectivity index (χ3v) is 6.52. The second-order valence-electron chi connectivity index (χ2n) is 7.19. The average molecular weight is 486 g/mol. The molecular formula is C23H20ClN3O5S. The van der Waals surface area contributed by atoms with Crippen LogP contribution in [0.1, 0.15) is 21.8 Å². The summed E-state index contributed by atoms with van der Waals surface area (Å²) >= 11 is 5.87. The SMILES string of the molecule is COc1ccc(C(=O)Nc2ccc3oc(C)nc3c2)cc1S(=O)(=O)NCc1ccc(Cl)cc1. The van der Waals surface area contributed by atoms with Gasteiger partial charge in [-0.2, -0.15) is 0 Å². The van der Waals surface area contributed by atoms with E-state index < -0.39 is 15.9 Å². The Morgan fingerprint density at radius 3 is 2.58 bits per heavy atom. The third kappa shape index (κ3) is 5.16. The number of nitrogens with one attached hydrogen (secondary N) is 2. The first-order valence-electron chi connectivity index (χ1n) is 9.86. The normalized spacial score (nSPS) is 11.5. The molecule has 8 nitrogen and oxygen atoms in total. The minimum absolute atomic E-state index is 0.0518. The Morgan fingerprint density at radius 2 is 1.85 bits per heavy atom. The van der Waals surface area contributed by atoms with Crippen LogP contribution in [0.25, 0.3) is 11.1 Å². The number of aryl methyl sites for hydroxylation is 1. The number of rotatable bonds is 7. The quantitative estimate of drug-likeness (QED) is 0.398. The molecule has 0 aliphatic heterocycles. The number of sulfonamides is 1. The lowest BCUT2D eigenvalue weighted by molar-refractivity contribution is 0.102. The van der Waals surface area contributed by atoms with Crippen molar-refractivity contribution in [1.29, 1.82) is 0 Å². The molecule has 4 aromatic rings. The van der Waals surface area contributed by atoms with Crippen LogP contribution in [-0.4, -0.2) is 26.4 Å². The van der Waals surface area contributed by atoms with E-state index in [-0.39, 0.29) is 22.8 Å². The molecule has 4 rings (SSSR count). The molecule has 2 N–H and O–H groups in total.